The van der Waals surface area contributed by atoms with Crippen LogP contribution in [-0.4, -0.2) is 18.1 Å². The van der Waals surface area contributed by atoms with Crippen molar-refractivity contribution in [3.05, 3.63) is 22.8 Å². The van der Waals surface area contributed by atoms with E-state index in [1.165, 1.54) is 25.7 Å². The normalized spacial score (nSPS) is 24.0. The lowest BCUT2D eigenvalue weighted by Crippen LogP contribution is -2.35. The van der Waals surface area contributed by atoms with Crippen molar-refractivity contribution in [3.8, 4) is 0 Å². The average Bonchev–Trinajstić information content (AvgIpc) is 2.39. The average molecular weight is 287 g/mol. The van der Waals surface area contributed by atoms with Gasteiger partial charge in [-0.15, -0.1) is 11.6 Å². The number of hydrogen-bond acceptors (Lipinski definition) is 2. The largest absolute Gasteiger partial charge is 0.357 e. The minimum Gasteiger partial charge on any atom is -0.357 e. The standard InChI is InChI=1S/C14H20Cl2N2/c1-10-3-5-11(6-4-10)18(2)14-8-7-12(16)13(9-15)17-14/h7-8,10-11H,3-6,9H2,1-2H3. The predicted molar refractivity (Wildman–Crippen MR) is 78.6 cm³/mol. The van der Waals surface area contributed by atoms with Crippen molar-refractivity contribution in [2.45, 2.75) is 44.5 Å². The minimum absolute atomic E-state index is 0.363. The summed E-state index contributed by atoms with van der Waals surface area (Å²) < 4.78 is 0. The molecule has 0 saturated heterocycles. The lowest BCUT2D eigenvalue weighted by atomic mass is 9.87. The summed E-state index contributed by atoms with van der Waals surface area (Å²) >= 11 is 11.9. The van der Waals surface area contributed by atoms with Crippen molar-refractivity contribution in [3.63, 3.8) is 0 Å². The summed E-state index contributed by atoms with van der Waals surface area (Å²) in [5.41, 5.74) is 0.770. The molecule has 1 aromatic rings. The Labute approximate surface area is 119 Å². The maximum absolute atomic E-state index is 6.04. The van der Waals surface area contributed by atoms with Crippen LogP contribution in [0.25, 0.3) is 0 Å². The van der Waals surface area contributed by atoms with E-state index in [2.05, 4.69) is 23.9 Å². The van der Waals surface area contributed by atoms with Gasteiger partial charge in [0.15, 0.2) is 0 Å². The molecule has 1 aliphatic rings. The van der Waals surface area contributed by atoms with Crippen LogP contribution in [0.3, 0.4) is 0 Å². The first kappa shape index (κ1) is 14.0. The quantitative estimate of drug-likeness (QED) is 0.761. The number of anilines is 1. The molecule has 1 fully saturated rings. The van der Waals surface area contributed by atoms with Crippen LogP contribution in [0.2, 0.25) is 5.02 Å². The van der Waals surface area contributed by atoms with Crippen LogP contribution in [0.5, 0.6) is 0 Å². The molecule has 0 atom stereocenters. The van der Waals surface area contributed by atoms with Gasteiger partial charge in [-0.2, -0.15) is 0 Å². The highest BCUT2D eigenvalue weighted by Crippen LogP contribution is 2.29. The molecule has 1 aromatic heterocycles. The fraction of sp³-hybridized carbons (Fsp3) is 0.643. The number of aromatic nitrogens is 1. The van der Waals surface area contributed by atoms with Gasteiger partial charge in [-0.05, 0) is 43.7 Å². The van der Waals surface area contributed by atoms with Crippen molar-refractivity contribution < 1.29 is 0 Å². The summed E-state index contributed by atoms with van der Waals surface area (Å²) in [5, 5.41) is 0.652. The molecule has 100 valence electrons. The number of nitrogens with zero attached hydrogens (tertiary/aromatic N) is 2. The second-order valence-electron chi connectivity index (χ2n) is 5.26. The molecule has 18 heavy (non-hydrogen) atoms. The van der Waals surface area contributed by atoms with Crippen LogP contribution < -0.4 is 4.90 Å². The van der Waals surface area contributed by atoms with Gasteiger partial charge in [-0.25, -0.2) is 4.98 Å². The Morgan fingerprint density at radius 2 is 1.94 bits per heavy atom. The Morgan fingerprint density at radius 1 is 1.28 bits per heavy atom. The SMILES string of the molecule is CC1CCC(N(C)c2ccc(Cl)c(CCl)n2)CC1. The molecular formula is C14H20Cl2N2. The lowest BCUT2D eigenvalue weighted by Gasteiger charge is -2.34. The van der Waals surface area contributed by atoms with E-state index in [-0.39, 0.29) is 0 Å². The highest BCUT2D eigenvalue weighted by atomic mass is 35.5. The number of alkyl halides is 1. The zero-order chi connectivity index (χ0) is 13.1. The van der Waals surface area contributed by atoms with E-state index in [1.807, 2.05) is 12.1 Å². The molecule has 0 amide bonds. The molecule has 0 spiro atoms. The number of hydrogen-bond donors (Lipinski definition) is 0. The molecule has 4 heteroatoms. The van der Waals surface area contributed by atoms with Gasteiger partial charge in [0.2, 0.25) is 0 Å². The third-order valence-electron chi connectivity index (χ3n) is 3.92. The third kappa shape index (κ3) is 3.10. The summed E-state index contributed by atoms with van der Waals surface area (Å²) in [6, 6.07) is 4.47. The van der Waals surface area contributed by atoms with E-state index >= 15 is 0 Å². The second-order valence-corrected chi connectivity index (χ2v) is 5.93. The minimum atomic E-state index is 0.363. The summed E-state index contributed by atoms with van der Waals surface area (Å²) in [5.74, 6) is 2.21. The van der Waals surface area contributed by atoms with E-state index < -0.39 is 0 Å². The first-order valence-corrected chi connectivity index (χ1v) is 7.47. The maximum atomic E-state index is 6.04. The van der Waals surface area contributed by atoms with Gasteiger partial charge in [-0.1, -0.05) is 18.5 Å². The lowest BCUT2D eigenvalue weighted by molar-refractivity contribution is 0.340. The number of halogens is 2. The van der Waals surface area contributed by atoms with Gasteiger partial charge < -0.3 is 4.90 Å². The highest BCUT2D eigenvalue weighted by Gasteiger charge is 2.22. The van der Waals surface area contributed by atoms with Crippen molar-refractivity contribution in [1.82, 2.24) is 4.98 Å². The Hall–Kier alpha value is -0.470. The van der Waals surface area contributed by atoms with Gasteiger partial charge in [0.05, 0.1) is 16.6 Å². The molecule has 2 rings (SSSR count). The van der Waals surface area contributed by atoms with Crippen LogP contribution in [0.15, 0.2) is 12.1 Å². The summed E-state index contributed by atoms with van der Waals surface area (Å²) in [6.45, 7) is 2.34. The van der Waals surface area contributed by atoms with Crippen molar-refractivity contribution >= 4 is 29.0 Å². The monoisotopic (exact) mass is 286 g/mol. The van der Waals surface area contributed by atoms with E-state index in [0.29, 0.717) is 16.9 Å². The predicted octanol–water partition coefficient (Wildman–Crippen LogP) is 4.49. The molecule has 0 unspecified atom stereocenters. The fourth-order valence-electron chi connectivity index (χ4n) is 2.58. The summed E-state index contributed by atoms with van der Waals surface area (Å²) in [6.07, 6.45) is 5.12. The zero-order valence-corrected chi connectivity index (χ0v) is 12.5. The van der Waals surface area contributed by atoms with Crippen molar-refractivity contribution in [1.29, 1.82) is 0 Å². The topological polar surface area (TPSA) is 16.1 Å². The van der Waals surface area contributed by atoms with Crippen LogP contribution in [0.1, 0.15) is 38.3 Å². The molecule has 0 radical (unpaired) electrons. The Balaban J connectivity index is 2.10. The molecular weight excluding hydrogens is 267 g/mol. The van der Waals surface area contributed by atoms with Gasteiger partial charge in [-0.3, -0.25) is 0 Å². The van der Waals surface area contributed by atoms with E-state index in [1.54, 1.807) is 0 Å². The van der Waals surface area contributed by atoms with Crippen LogP contribution in [-0.2, 0) is 5.88 Å². The van der Waals surface area contributed by atoms with Crippen LogP contribution in [0, 0.1) is 5.92 Å². The number of rotatable bonds is 3. The summed E-state index contributed by atoms with van der Waals surface area (Å²) in [7, 11) is 2.12. The van der Waals surface area contributed by atoms with E-state index in [0.717, 1.165) is 17.4 Å². The molecule has 0 N–H and O–H groups in total. The van der Waals surface area contributed by atoms with Crippen LogP contribution in [0.4, 0.5) is 5.82 Å². The fourth-order valence-corrected chi connectivity index (χ4v) is 3.02. The second kappa shape index (κ2) is 6.12. The first-order chi connectivity index (χ1) is 8.61. The summed E-state index contributed by atoms with van der Waals surface area (Å²) in [4.78, 5) is 6.82. The Bertz CT molecular complexity index is 401. The molecule has 0 aliphatic heterocycles. The van der Waals surface area contributed by atoms with Gasteiger partial charge in [0, 0.05) is 13.1 Å². The molecule has 2 nitrogen and oxygen atoms in total. The molecule has 1 aliphatic carbocycles. The molecule has 0 bridgehead atoms. The Morgan fingerprint density at radius 3 is 2.56 bits per heavy atom. The molecule has 1 saturated carbocycles. The Kier molecular flexibility index (Phi) is 4.74. The van der Waals surface area contributed by atoms with Gasteiger partial charge >= 0.3 is 0 Å². The zero-order valence-electron chi connectivity index (χ0n) is 11.0. The van der Waals surface area contributed by atoms with Gasteiger partial charge in [0.25, 0.3) is 0 Å². The first-order valence-electron chi connectivity index (χ1n) is 6.56. The van der Waals surface area contributed by atoms with E-state index in [4.69, 9.17) is 23.2 Å². The van der Waals surface area contributed by atoms with Crippen molar-refractivity contribution in [2.75, 3.05) is 11.9 Å². The molecule has 1 heterocycles. The van der Waals surface area contributed by atoms with Crippen LogP contribution >= 0.6 is 23.2 Å². The highest BCUT2D eigenvalue weighted by molar-refractivity contribution is 6.32. The van der Waals surface area contributed by atoms with Gasteiger partial charge in [0.1, 0.15) is 5.82 Å². The third-order valence-corrected chi connectivity index (χ3v) is 4.52. The smallest absolute Gasteiger partial charge is 0.128 e. The maximum Gasteiger partial charge on any atom is 0.128 e. The van der Waals surface area contributed by atoms with Crippen molar-refractivity contribution in [2.24, 2.45) is 5.92 Å². The number of pyridine rings is 1. The molecule has 0 aromatic carbocycles. The van der Waals surface area contributed by atoms with E-state index in [9.17, 15) is 0 Å².